The molecule has 7 heteroatoms. The summed E-state index contributed by atoms with van der Waals surface area (Å²) in [6.45, 7) is 0.266. The highest BCUT2D eigenvalue weighted by atomic mass is 16.3. The highest BCUT2D eigenvalue weighted by Gasteiger charge is 2.44. The Morgan fingerprint density at radius 2 is 2.10 bits per heavy atom. The van der Waals surface area contributed by atoms with Crippen molar-refractivity contribution in [1.82, 2.24) is 10.2 Å². The number of imide groups is 3. The van der Waals surface area contributed by atoms with Gasteiger partial charge in [-0.3, -0.25) is 14.4 Å². The Bertz CT molecular complexity index is 628. The molecule has 7 nitrogen and oxygen atoms in total. The number of rotatable bonds is 1. The lowest BCUT2D eigenvalue weighted by Crippen LogP contribution is -2.46. The van der Waals surface area contributed by atoms with Crippen LogP contribution in [0.5, 0.6) is 0 Å². The fourth-order valence-corrected chi connectivity index (χ4v) is 2.57. The maximum absolute atomic E-state index is 12.3. The van der Waals surface area contributed by atoms with Gasteiger partial charge in [0.25, 0.3) is 17.7 Å². The van der Waals surface area contributed by atoms with Gasteiger partial charge in [-0.25, -0.2) is 4.90 Å². The number of amides is 3. The lowest BCUT2D eigenvalue weighted by atomic mass is 10.1. The Morgan fingerprint density at radius 3 is 2.70 bits per heavy atom. The molecule has 3 amide bonds. The Balaban J connectivity index is 1.94. The molecule has 20 heavy (non-hydrogen) atoms. The Morgan fingerprint density at radius 1 is 1.35 bits per heavy atom. The molecule has 4 N–H and O–H groups in total. The maximum Gasteiger partial charge on any atom is 0.270 e. The average Bonchev–Trinajstić information content (AvgIpc) is 2.94. The van der Waals surface area contributed by atoms with Crippen LogP contribution in [0.15, 0.2) is 18.2 Å². The molecule has 0 saturated carbocycles. The van der Waals surface area contributed by atoms with Gasteiger partial charge in [0.05, 0.1) is 23.3 Å². The fourth-order valence-electron chi connectivity index (χ4n) is 2.57. The molecule has 1 fully saturated rings. The van der Waals surface area contributed by atoms with Gasteiger partial charge in [0.1, 0.15) is 0 Å². The molecule has 1 aromatic rings. The molecule has 1 aromatic carbocycles. The van der Waals surface area contributed by atoms with Crippen LogP contribution in [-0.2, 0) is 4.79 Å². The van der Waals surface area contributed by atoms with Crippen LogP contribution in [0.1, 0.15) is 27.1 Å². The molecule has 3 rings (SSSR count). The minimum Gasteiger partial charge on any atom is -0.398 e. The maximum atomic E-state index is 12.3. The average molecular weight is 275 g/mol. The summed E-state index contributed by atoms with van der Waals surface area (Å²) in [4.78, 5) is 37.3. The van der Waals surface area contributed by atoms with Crippen molar-refractivity contribution in [3.8, 4) is 0 Å². The molecule has 0 aromatic heterocycles. The Labute approximate surface area is 114 Å². The lowest BCUT2D eigenvalue weighted by molar-refractivity contribution is -0.128. The lowest BCUT2D eigenvalue weighted by Gasteiger charge is -2.16. The van der Waals surface area contributed by atoms with Gasteiger partial charge in [-0.2, -0.15) is 0 Å². The molecule has 104 valence electrons. The van der Waals surface area contributed by atoms with Crippen LogP contribution in [-0.4, -0.2) is 46.4 Å². The quantitative estimate of drug-likeness (QED) is 0.453. The number of aliphatic hydroxyl groups excluding tert-OH is 1. The molecule has 2 atom stereocenters. The van der Waals surface area contributed by atoms with Crippen LogP contribution in [0.25, 0.3) is 0 Å². The van der Waals surface area contributed by atoms with Crippen molar-refractivity contribution in [1.29, 1.82) is 0 Å². The van der Waals surface area contributed by atoms with Gasteiger partial charge >= 0.3 is 0 Å². The zero-order chi connectivity index (χ0) is 14.4. The van der Waals surface area contributed by atoms with Crippen LogP contribution in [0.4, 0.5) is 5.69 Å². The predicted molar refractivity (Wildman–Crippen MR) is 68.8 cm³/mol. The van der Waals surface area contributed by atoms with Gasteiger partial charge in [0, 0.05) is 12.2 Å². The standard InChI is InChI=1S/C13H13N3O4/c14-8-3-1-2-7-10(8)13(20)16(11(7)18)12(19)9-4-6(17)5-15-9/h1-3,6,9,15,17H,4-5,14H2. The Hall–Kier alpha value is -2.25. The summed E-state index contributed by atoms with van der Waals surface area (Å²) >= 11 is 0. The molecule has 2 aliphatic heterocycles. The second-order valence-electron chi connectivity index (χ2n) is 4.90. The third-order valence-corrected chi connectivity index (χ3v) is 3.57. The van der Waals surface area contributed by atoms with Crippen molar-refractivity contribution in [2.75, 3.05) is 12.3 Å². The number of nitrogens with zero attached hydrogens (tertiary/aromatic N) is 1. The minimum atomic E-state index is -0.728. The minimum absolute atomic E-state index is 0.0735. The van der Waals surface area contributed by atoms with Gasteiger partial charge in [0.15, 0.2) is 0 Å². The second-order valence-corrected chi connectivity index (χ2v) is 4.90. The Kier molecular flexibility index (Phi) is 2.81. The van der Waals surface area contributed by atoms with E-state index in [9.17, 15) is 19.5 Å². The number of aliphatic hydroxyl groups is 1. The summed E-state index contributed by atoms with van der Waals surface area (Å²) in [6.07, 6.45) is -0.467. The normalized spacial score (nSPS) is 25.1. The van der Waals surface area contributed by atoms with Crippen LogP contribution in [0.3, 0.4) is 0 Å². The van der Waals surface area contributed by atoms with Gasteiger partial charge in [-0.1, -0.05) is 6.07 Å². The number of hydrogen-bond acceptors (Lipinski definition) is 6. The molecule has 0 spiro atoms. The zero-order valence-electron chi connectivity index (χ0n) is 10.5. The van der Waals surface area contributed by atoms with Crippen molar-refractivity contribution in [3.05, 3.63) is 29.3 Å². The van der Waals surface area contributed by atoms with Crippen molar-refractivity contribution in [3.63, 3.8) is 0 Å². The first-order valence-electron chi connectivity index (χ1n) is 6.23. The molecule has 2 aliphatic rings. The van der Waals surface area contributed by atoms with Gasteiger partial charge in [0.2, 0.25) is 0 Å². The summed E-state index contributed by atoms with van der Waals surface area (Å²) in [5, 5.41) is 12.2. The molecular weight excluding hydrogens is 262 g/mol. The van der Waals surface area contributed by atoms with Crippen molar-refractivity contribution in [2.45, 2.75) is 18.6 Å². The molecular formula is C13H13N3O4. The number of hydrogen-bond donors (Lipinski definition) is 3. The van der Waals surface area contributed by atoms with Crippen molar-refractivity contribution < 1.29 is 19.5 Å². The first-order chi connectivity index (χ1) is 9.50. The van der Waals surface area contributed by atoms with E-state index in [1.807, 2.05) is 0 Å². The number of nitrogen functional groups attached to an aromatic ring is 1. The van der Waals surface area contributed by atoms with Crippen LogP contribution >= 0.6 is 0 Å². The number of carbonyl (C=O) groups is 3. The first kappa shape index (κ1) is 12.8. The highest BCUT2D eigenvalue weighted by molar-refractivity contribution is 6.31. The van der Waals surface area contributed by atoms with Crippen molar-refractivity contribution >= 4 is 23.4 Å². The third kappa shape index (κ3) is 1.71. The summed E-state index contributed by atoms with van der Waals surface area (Å²) in [6, 6.07) is 3.81. The number of nitrogens with one attached hydrogen (secondary N) is 1. The topological polar surface area (TPSA) is 113 Å². The van der Waals surface area contributed by atoms with Crippen LogP contribution < -0.4 is 11.1 Å². The van der Waals surface area contributed by atoms with E-state index in [4.69, 9.17) is 5.73 Å². The van der Waals surface area contributed by atoms with Gasteiger partial charge in [-0.05, 0) is 18.6 Å². The number of benzene rings is 1. The van der Waals surface area contributed by atoms with Gasteiger partial charge in [-0.15, -0.1) is 0 Å². The van der Waals surface area contributed by atoms with E-state index in [1.54, 1.807) is 6.07 Å². The summed E-state index contributed by atoms with van der Waals surface area (Å²) in [7, 11) is 0. The summed E-state index contributed by atoms with van der Waals surface area (Å²) < 4.78 is 0. The number of nitrogens with two attached hydrogens (primary N) is 1. The van der Waals surface area contributed by atoms with Crippen LogP contribution in [0, 0.1) is 0 Å². The molecule has 0 radical (unpaired) electrons. The fraction of sp³-hybridized carbons (Fsp3) is 0.308. The molecule has 1 saturated heterocycles. The largest absolute Gasteiger partial charge is 0.398 e. The van der Waals surface area contributed by atoms with E-state index in [-0.39, 0.29) is 29.8 Å². The number of anilines is 1. The van der Waals surface area contributed by atoms with E-state index in [1.165, 1.54) is 12.1 Å². The van der Waals surface area contributed by atoms with E-state index in [0.29, 0.717) is 4.90 Å². The van der Waals surface area contributed by atoms with Crippen LogP contribution in [0.2, 0.25) is 0 Å². The highest BCUT2D eigenvalue weighted by Crippen LogP contribution is 2.28. The number of carbonyl (C=O) groups excluding carboxylic acids is 3. The monoisotopic (exact) mass is 275 g/mol. The van der Waals surface area contributed by atoms with Crippen molar-refractivity contribution in [2.24, 2.45) is 0 Å². The zero-order valence-corrected chi connectivity index (χ0v) is 10.5. The van der Waals surface area contributed by atoms with E-state index in [0.717, 1.165) is 0 Å². The molecule has 2 heterocycles. The summed E-state index contributed by atoms with van der Waals surface area (Å²) in [5.41, 5.74) is 6.09. The summed E-state index contributed by atoms with van der Waals surface area (Å²) in [5.74, 6) is -2.01. The molecule has 0 bridgehead atoms. The smallest absolute Gasteiger partial charge is 0.270 e. The van der Waals surface area contributed by atoms with Gasteiger partial charge < -0.3 is 16.2 Å². The van der Waals surface area contributed by atoms with E-state index < -0.39 is 29.9 Å². The van der Waals surface area contributed by atoms with E-state index in [2.05, 4.69) is 5.32 Å². The SMILES string of the molecule is Nc1cccc2c1C(=O)N(C(=O)C1CC(O)CN1)C2=O. The number of β-amino-alcohol motifs (C(OH)–C–C–N with tert-alkyl or cyclic N) is 1. The second kappa shape index (κ2) is 4.39. The molecule has 2 unspecified atom stereocenters. The first-order valence-corrected chi connectivity index (χ1v) is 6.23. The van der Waals surface area contributed by atoms with E-state index >= 15 is 0 Å². The third-order valence-electron chi connectivity index (χ3n) is 3.57. The molecule has 0 aliphatic carbocycles. The predicted octanol–water partition coefficient (Wildman–Crippen LogP) is -0.886. The number of fused-ring (bicyclic) bond motifs is 1.